The lowest BCUT2D eigenvalue weighted by molar-refractivity contribution is 0.216. The minimum atomic E-state index is 0.314. The number of nitrogens with one attached hydrogen (secondary N) is 1. The molecule has 2 nitrogen and oxygen atoms in total. The first-order valence-electron chi connectivity index (χ1n) is 3.60. The van der Waals surface area contributed by atoms with Crippen LogP contribution in [-0.2, 0) is 0 Å². The van der Waals surface area contributed by atoms with Crippen molar-refractivity contribution >= 4 is 0 Å². The molecule has 0 saturated carbocycles. The molecule has 0 radical (unpaired) electrons. The molecule has 0 saturated heterocycles. The van der Waals surface area contributed by atoms with Crippen molar-refractivity contribution in [1.29, 1.82) is 0 Å². The average Bonchev–Trinajstić information content (AvgIpc) is 1.88. The molecule has 1 atom stereocenters. The molecule has 0 unspecified atom stereocenters. The summed E-state index contributed by atoms with van der Waals surface area (Å²) in [5.74, 6) is 0.458. The zero-order valence-corrected chi connectivity index (χ0v) is 6.35. The topological polar surface area (TPSA) is 32.3 Å². The van der Waals surface area contributed by atoms with Gasteiger partial charge in [0.05, 0.1) is 0 Å². The van der Waals surface area contributed by atoms with Crippen LogP contribution in [0.1, 0.15) is 19.8 Å². The monoisotopic (exact) mass is 131 g/mol. The van der Waals surface area contributed by atoms with Crippen molar-refractivity contribution in [2.45, 2.75) is 19.8 Å². The van der Waals surface area contributed by atoms with Gasteiger partial charge in [-0.1, -0.05) is 13.3 Å². The van der Waals surface area contributed by atoms with Crippen molar-refractivity contribution in [3.05, 3.63) is 0 Å². The zero-order valence-electron chi connectivity index (χ0n) is 6.35. The second kappa shape index (κ2) is 6.05. The van der Waals surface area contributed by atoms with E-state index in [0.29, 0.717) is 12.5 Å². The van der Waals surface area contributed by atoms with E-state index in [4.69, 9.17) is 5.11 Å². The Morgan fingerprint density at radius 3 is 2.56 bits per heavy atom. The molecule has 0 aliphatic carbocycles. The van der Waals surface area contributed by atoms with Gasteiger partial charge in [-0.05, 0) is 25.9 Å². The molecule has 56 valence electrons. The van der Waals surface area contributed by atoms with Crippen LogP contribution in [0.2, 0.25) is 0 Å². The van der Waals surface area contributed by atoms with Gasteiger partial charge in [0.1, 0.15) is 0 Å². The van der Waals surface area contributed by atoms with E-state index in [2.05, 4.69) is 12.2 Å². The van der Waals surface area contributed by atoms with Gasteiger partial charge in [-0.25, -0.2) is 0 Å². The van der Waals surface area contributed by atoms with Crippen LogP contribution in [-0.4, -0.2) is 25.3 Å². The first-order chi connectivity index (χ1) is 4.35. The maximum Gasteiger partial charge on any atom is 0.0471 e. The summed E-state index contributed by atoms with van der Waals surface area (Å²) in [7, 11) is 1.92. The molecule has 0 amide bonds. The lowest BCUT2D eigenvalue weighted by Crippen LogP contribution is -2.21. The van der Waals surface area contributed by atoms with Crippen LogP contribution in [0.25, 0.3) is 0 Å². The molecule has 0 heterocycles. The molecule has 0 fully saturated rings. The third kappa shape index (κ3) is 4.43. The van der Waals surface area contributed by atoms with E-state index in [9.17, 15) is 0 Å². The first-order valence-corrected chi connectivity index (χ1v) is 3.60. The van der Waals surface area contributed by atoms with Gasteiger partial charge >= 0.3 is 0 Å². The average molecular weight is 131 g/mol. The molecule has 0 aromatic rings. The second-order valence-corrected chi connectivity index (χ2v) is 2.39. The van der Waals surface area contributed by atoms with Crippen molar-refractivity contribution in [3.63, 3.8) is 0 Å². The molecule has 0 aliphatic heterocycles. The van der Waals surface area contributed by atoms with Crippen LogP contribution in [0, 0.1) is 5.92 Å². The fourth-order valence-corrected chi connectivity index (χ4v) is 0.955. The van der Waals surface area contributed by atoms with Gasteiger partial charge in [-0.2, -0.15) is 0 Å². The number of hydrogen-bond donors (Lipinski definition) is 2. The van der Waals surface area contributed by atoms with Gasteiger partial charge in [-0.15, -0.1) is 0 Å². The van der Waals surface area contributed by atoms with Crippen molar-refractivity contribution in [2.24, 2.45) is 5.92 Å². The fourth-order valence-electron chi connectivity index (χ4n) is 0.955. The molecule has 0 bridgehead atoms. The highest BCUT2D eigenvalue weighted by molar-refractivity contribution is 4.57. The summed E-state index contributed by atoms with van der Waals surface area (Å²) in [6, 6.07) is 0. The first kappa shape index (κ1) is 8.92. The summed E-state index contributed by atoms with van der Waals surface area (Å²) >= 11 is 0. The Hall–Kier alpha value is -0.0800. The summed E-state index contributed by atoms with van der Waals surface area (Å²) in [5, 5.41) is 11.8. The van der Waals surface area contributed by atoms with Crippen LogP contribution >= 0.6 is 0 Å². The molecular weight excluding hydrogens is 114 g/mol. The van der Waals surface area contributed by atoms with E-state index in [1.165, 1.54) is 0 Å². The highest BCUT2D eigenvalue weighted by atomic mass is 16.3. The standard InChI is InChI=1S/C7H17NO/c1-3-4-7(6-9)5-8-2/h7-9H,3-6H2,1-2H3/t7-/m1/s1. The third-order valence-electron chi connectivity index (χ3n) is 1.45. The quantitative estimate of drug-likeness (QED) is 0.573. The smallest absolute Gasteiger partial charge is 0.0471 e. The normalized spacial score (nSPS) is 13.7. The maximum atomic E-state index is 8.75. The number of aliphatic hydroxyl groups is 1. The van der Waals surface area contributed by atoms with Gasteiger partial charge in [0.15, 0.2) is 0 Å². The predicted octanol–water partition coefficient (Wildman–Crippen LogP) is 0.614. The Balaban J connectivity index is 3.18. The summed E-state index contributed by atoms with van der Waals surface area (Å²) in [6.45, 7) is 3.39. The van der Waals surface area contributed by atoms with Crippen molar-refractivity contribution in [3.8, 4) is 0 Å². The Morgan fingerprint density at radius 1 is 1.56 bits per heavy atom. The minimum absolute atomic E-state index is 0.314. The van der Waals surface area contributed by atoms with E-state index < -0.39 is 0 Å². The lowest BCUT2D eigenvalue weighted by Gasteiger charge is -2.10. The highest BCUT2D eigenvalue weighted by Gasteiger charge is 2.02. The second-order valence-electron chi connectivity index (χ2n) is 2.39. The van der Waals surface area contributed by atoms with Crippen LogP contribution in [0.4, 0.5) is 0 Å². The van der Waals surface area contributed by atoms with Crippen LogP contribution in [0.3, 0.4) is 0 Å². The molecule has 2 heteroatoms. The zero-order chi connectivity index (χ0) is 7.11. The fraction of sp³-hybridized carbons (Fsp3) is 1.00. The van der Waals surface area contributed by atoms with Gasteiger partial charge in [-0.3, -0.25) is 0 Å². The van der Waals surface area contributed by atoms with Gasteiger partial charge in [0, 0.05) is 6.61 Å². The SMILES string of the molecule is CCC[C@@H](CO)CNC. The van der Waals surface area contributed by atoms with Gasteiger partial charge < -0.3 is 10.4 Å². The molecule has 0 spiro atoms. The number of rotatable bonds is 5. The highest BCUT2D eigenvalue weighted by Crippen LogP contribution is 2.02. The van der Waals surface area contributed by atoms with Crippen LogP contribution in [0.5, 0.6) is 0 Å². The van der Waals surface area contributed by atoms with E-state index in [1.54, 1.807) is 0 Å². The van der Waals surface area contributed by atoms with Crippen molar-refractivity contribution in [2.75, 3.05) is 20.2 Å². The Bertz CT molecular complexity index is 50.9. The van der Waals surface area contributed by atoms with Crippen molar-refractivity contribution < 1.29 is 5.11 Å². The molecule has 0 aromatic heterocycles. The van der Waals surface area contributed by atoms with Crippen molar-refractivity contribution in [1.82, 2.24) is 5.32 Å². The maximum absolute atomic E-state index is 8.75. The Kier molecular flexibility index (Phi) is 5.99. The third-order valence-corrected chi connectivity index (χ3v) is 1.45. The van der Waals surface area contributed by atoms with Gasteiger partial charge in [0.25, 0.3) is 0 Å². The van der Waals surface area contributed by atoms with Gasteiger partial charge in [0.2, 0.25) is 0 Å². The van der Waals surface area contributed by atoms with E-state index in [1.807, 2.05) is 7.05 Å². The summed E-state index contributed by atoms with van der Waals surface area (Å²) < 4.78 is 0. The summed E-state index contributed by atoms with van der Waals surface area (Å²) in [5.41, 5.74) is 0. The Morgan fingerprint density at radius 2 is 2.22 bits per heavy atom. The minimum Gasteiger partial charge on any atom is -0.396 e. The molecular formula is C7H17NO. The molecule has 9 heavy (non-hydrogen) atoms. The lowest BCUT2D eigenvalue weighted by atomic mass is 10.1. The molecule has 0 aromatic carbocycles. The molecule has 0 aliphatic rings. The van der Waals surface area contributed by atoms with E-state index in [0.717, 1.165) is 19.4 Å². The molecule has 0 rings (SSSR count). The van der Waals surface area contributed by atoms with Crippen LogP contribution in [0.15, 0.2) is 0 Å². The Labute approximate surface area is 57.3 Å². The van der Waals surface area contributed by atoms with E-state index in [-0.39, 0.29) is 0 Å². The predicted molar refractivity (Wildman–Crippen MR) is 39.4 cm³/mol. The van der Waals surface area contributed by atoms with E-state index >= 15 is 0 Å². The summed E-state index contributed by atoms with van der Waals surface area (Å²) in [4.78, 5) is 0. The van der Waals surface area contributed by atoms with Crippen LogP contribution < -0.4 is 5.32 Å². The number of hydrogen-bond acceptors (Lipinski definition) is 2. The molecule has 2 N–H and O–H groups in total. The largest absolute Gasteiger partial charge is 0.396 e. The number of aliphatic hydroxyl groups excluding tert-OH is 1. The summed E-state index contributed by atoms with van der Waals surface area (Å²) in [6.07, 6.45) is 2.28.